The van der Waals surface area contributed by atoms with Crippen molar-refractivity contribution >= 4 is 16.8 Å². The van der Waals surface area contributed by atoms with Crippen molar-refractivity contribution in [2.24, 2.45) is 4.99 Å². The molecule has 1 aromatic carbocycles. The second-order valence-corrected chi connectivity index (χ2v) is 6.41. The quantitative estimate of drug-likeness (QED) is 0.907. The van der Waals surface area contributed by atoms with Crippen molar-refractivity contribution in [3.8, 4) is 0 Å². The summed E-state index contributed by atoms with van der Waals surface area (Å²) in [5.41, 5.74) is 3.65. The molecule has 0 bridgehead atoms. The third kappa shape index (κ3) is 2.51. The highest BCUT2D eigenvalue weighted by molar-refractivity contribution is 6.00. The van der Waals surface area contributed by atoms with Gasteiger partial charge in [-0.05, 0) is 44.5 Å². The summed E-state index contributed by atoms with van der Waals surface area (Å²) in [6.07, 6.45) is 0. The van der Waals surface area contributed by atoms with Gasteiger partial charge in [-0.2, -0.15) is 0 Å². The number of rotatable bonds is 4. The zero-order valence-corrected chi connectivity index (χ0v) is 13.3. The summed E-state index contributed by atoms with van der Waals surface area (Å²) in [6, 6.07) is 6.08. The highest BCUT2D eigenvalue weighted by atomic mass is 16.5. The van der Waals surface area contributed by atoms with Gasteiger partial charge in [0, 0.05) is 28.7 Å². The molecule has 0 fully saturated rings. The molecule has 2 N–H and O–H groups in total. The van der Waals surface area contributed by atoms with Crippen LogP contribution in [0.4, 0.5) is 0 Å². The van der Waals surface area contributed by atoms with E-state index in [0.717, 1.165) is 27.7 Å². The number of aliphatic hydroxyl groups is 2. The lowest BCUT2D eigenvalue weighted by Gasteiger charge is -2.10. The van der Waals surface area contributed by atoms with Gasteiger partial charge in [0.2, 0.25) is 5.90 Å². The topological polar surface area (TPSA) is 67.0 Å². The third-order valence-electron chi connectivity index (χ3n) is 4.02. The largest absolute Gasteiger partial charge is 0.475 e. The molecule has 2 heterocycles. The Morgan fingerprint density at radius 2 is 2.05 bits per heavy atom. The maximum atomic E-state index is 9.51. The minimum Gasteiger partial charge on any atom is -0.475 e. The van der Waals surface area contributed by atoms with E-state index in [2.05, 4.69) is 11.1 Å². The summed E-state index contributed by atoms with van der Waals surface area (Å²) >= 11 is 0. The Morgan fingerprint density at radius 3 is 2.64 bits per heavy atom. The van der Waals surface area contributed by atoms with E-state index < -0.39 is 0 Å². The average Bonchev–Trinajstić information content (AvgIpc) is 2.98. The number of hydrogen-bond acceptors (Lipinski definition) is 4. The summed E-state index contributed by atoms with van der Waals surface area (Å²) in [6.45, 7) is 7.16. The van der Waals surface area contributed by atoms with Gasteiger partial charge < -0.3 is 19.5 Å². The lowest BCUT2D eigenvalue weighted by Crippen LogP contribution is -2.17. The predicted molar refractivity (Wildman–Crippen MR) is 86.3 cm³/mol. The fraction of sp³-hybridized carbons (Fsp3) is 0.471. The van der Waals surface area contributed by atoms with Crippen LogP contribution in [0, 0.1) is 6.92 Å². The van der Waals surface area contributed by atoms with Gasteiger partial charge in [0.25, 0.3) is 0 Å². The number of ether oxygens (including phenoxy) is 1. The van der Waals surface area contributed by atoms with Gasteiger partial charge in [-0.1, -0.05) is 0 Å². The van der Waals surface area contributed by atoms with Crippen molar-refractivity contribution in [2.45, 2.75) is 39.5 Å². The highest BCUT2D eigenvalue weighted by Gasteiger charge is 2.28. The van der Waals surface area contributed by atoms with Crippen LogP contribution in [-0.4, -0.2) is 39.4 Å². The van der Waals surface area contributed by atoms with Crippen LogP contribution in [-0.2, 0) is 17.9 Å². The summed E-state index contributed by atoms with van der Waals surface area (Å²) in [4.78, 5) is 4.65. The number of aromatic nitrogens is 1. The molecule has 5 heteroatoms. The molecule has 0 atom stereocenters. The summed E-state index contributed by atoms with van der Waals surface area (Å²) in [5.74, 6) is 0.673. The van der Waals surface area contributed by atoms with E-state index in [0.29, 0.717) is 19.0 Å². The van der Waals surface area contributed by atoms with Gasteiger partial charge in [0.05, 0.1) is 18.8 Å². The molecule has 1 aromatic heterocycles. The first-order valence-electron chi connectivity index (χ1n) is 7.53. The Kier molecular flexibility index (Phi) is 3.70. The zero-order chi connectivity index (χ0) is 15.9. The SMILES string of the molecule is Cc1cc2cc(CO)n(CCO)c2cc1C1=NC(C)(C)CO1. The molecule has 0 amide bonds. The molecular formula is C17H22N2O3. The Bertz CT molecular complexity index is 744. The van der Waals surface area contributed by atoms with Gasteiger partial charge in [-0.15, -0.1) is 0 Å². The first-order valence-corrected chi connectivity index (χ1v) is 7.53. The number of aryl methyl sites for hydroxylation is 1. The van der Waals surface area contributed by atoms with Crippen LogP contribution < -0.4 is 0 Å². The molecule has 1 aliphatic heterocycles. The van der Waals surface area contributed by atoms with Crippen molar-refractivity contribution in [1.82, 2.24) is 4.57 Å². The van der Waals surface area contributed by atoms with E-state index in [1.165, 1.54) is 0 Å². The maximum absolute atomic E-state index is 9.51. The second kappa shape index (κ2) is 5.41. The van der Waals surface area contributed by atoms with Crippen LogP contribution in [0.5, 0.6) is 0 Å². The van der Waals surface area contributed by atoms with Crippen molar-refractivity contribution in [1.29, 1.82) is 0 Å². The Morgan fingerprint density at radius 1 is 1.27 bits per heavy atom. The molecule has 0 saturated carbocycles. The molecule has 0 spiro atoms. The van der Waals surface area contributed by atoms with Gasteiger partial charge in [0.1, 0.15) is 6.61 Å². The molecule has 22 heavy (non-hydrogen) atoms. The first-order chi connectivity index (χ1) is 10.4. The third-order valence-corrected chi connectivity index (χ3v) is 4.02. The summed E-state index contributed by atoms with van der Waals surface area (Å²) in [7, 11) is 0. The lowest BCUT2D eigenvalue weighted by molar-refractivity contribution is 0.253. The van der Waals surface area contributed by atoms with Crippen LogP contribution in [0.15, 0.2) is 23.2 Å². The normalized spacial score (nSPS) is 16.9. The van der Waals surface area contributed by atoms with Crippen LogP contribution in [0.25, 0.3) is 10.9 Å². The smallest absolute Gasteiger partial charge is 0.217 e. The van der Waals surface area contributed by atoms with Gasteiger partial charge in [-0.3, -0.25) is 0 Å². The zero-order valence-electron chi connectivity index (χ0n) is 13.3. The number of fused-ring (bicyclic) bond motifs is 1. The standard InChI is InChI=1S/C17H22N2O3/c1-11-6-12-7-13(9-21)19(4-5-20)15(12)8-14(11)16-18-17(2,3)10-22-16/h6-8,20-21H,4-5,9-10H2,1-3H3. The van der Waals surface area contributed by atoms with E-state index >= 15 is 0 Å². The van der Waals surface area contributed by atoms with E-state index in [9.17, 15) is 10.2 Å². The van der Waals surface area contributed by atoms with Gasteiger partial charge in [-0.25, -0.2) is 4.99 Å². The van der Waals surface area contributed by atoms with Crippen molar-refractivity contribution < 1.29 is 14.9 Å². The van der Waals surface area contributed by atoms with E-state index in [1.54, 1.807) is 0 Å². The second-order valence-electron chi connectivity index (χ2n) is 6.41. The molecule has 3 rings (SSSR count). The van der Waals surface area contributed by atoms with Gasteiger partial charge in [0.15, 0.2) is 0 Å². The predicted octanol–water partition coefficient (Wildman–Crippen LogP) is 1.99. The van der Waals surface area contributed by atoms with Crippen molar-refractivity contribution in [2.75, 3.05) is 13.2 Å². The van der Waals surface area contributed by atoms with Crippen LogP contribution in [0.1, 0.15) is 30.7 Å². The number of aliphatic hydroxyl groups excluding tert-OH is 2. The molecule has 0 saturated heterocycles. The lowest BCUT2D eigenvalue weighted by atomic mass is 10.1. The summed E-state index contributed by atoms with van der Waals surface area (Å²) in [5, 5.41) is 19.8. The first kappa shape index (κ1) is 15.1. The fourth-order valence-corrected chi connectivity index (χ4v) is 2.93. The Balaban J connectivity index is 2.16. The molecule has 5 nitrogen and oxygen atoms in total. The molecule has 1 aliphatic rings. The number of nitrogens with zero attached hydrogens (tertiary/aromatic N) is 2. The molecule has 0 radical (unpaired) electrons. The number of hydrogen-bond donors (Lipinski definition) is 2. The summed E-state index contributed by atoms with van der Waals surface area (Å²) < 4.78 is 7.70. The van der Waals surface area contributed by atoms with Crippen molar-refractivity contribution in [3.63, 3.8) is 0 Å². The molecule has 0 aliphatic carbocycles. The average molecular weight is 302 g/mol. The fourth-order valence-electron chi connectivity index (χ4n) is 2.93. The monoisotopic (exact) mass is 302 g/mol. The Hall–Kier alpha value is -1.85. The van der Waals surface area contributed by atoms with E-state index in [1.807, 2.05) is 37.5 Å². The number of benzene rings is 1. The molecule has 2 aromatic rings. The van der Waals surface area contributed by atoms with Crippen molar-refractivity contribution in [3.05, 3.63) is 35.0 Å². The molecular weight excluding hydrogens is 280 g/mol. The highest BCUT2D eigenvalue weighted by Crippen LogP contribution is 2.28. The van der Waals surface area contributed by atoms with E-state index in [-0.39, 0.29) is 18.8 Å². The van der Waals surface area contributed by atoms with Gasteiger partial charge >= 0.3 is 0 Å². The minimum absolute atomic E-state index is 0.0322. The van der Waals surface area contributed by atoms with E-state index in [4.69, 9.17) is 4.74 Å². The van der Waals surface area contributed by atoms with Crippen LogP contribution in [0.2, 0.25) is 0 Å². The van der Waals surface area contributed by atoms with Crippen LogP contribution in [0.3, 0.4) is 0 Å². The number of aliphatic imine (C=N–C) groups is 1. The minimum atomic E-state index is -0.194. The molecule has 118 valence electrons. The maximum Gasteiger partial charge on any atom is 0.217 e. The Labute approximate surface area is 129 Å². The molecule has 0 unspecified atom stereocenters. The van der Waals surface area contributed by atoms with Crippen LogP contribution >= 0.6 is 0 Å².